The van der Waals surface area contributed by atoms with Gasteiger partial charge in [-0.2, -0.15) is 0 Å². The van der Waals surface area contributed by atoms with Crippen LogP contribution < -0.4 is 5.32 Å². The summed E-state index contributed by atoms with van der Waals surface area (Å²) in [5.41, 5.74) is 0.972. The van der Waals surface area contributed by atoms with Crippen molar-refractivity contribution in [2.24, 2.45) is 0 Å². The molecule has 0 fully saturated rings. The quantitative estimate of drug-likeness (QED) is 0.533. The summed E-state index contributed by atoms with van der Waals surface area (Å²) in [7, 11) is 0. The van der Waals surface area contributed by atoms with Crippen LogP contribution in [0.25, 0.3) is 0 Å². The number of aromatic nitrogens is 2. The van der Waals surface area contributed by atoms with E-state index in [0.29, 0.717) is 24.8 Å². The third-order valence-electron chi connectivity index (χ3n) is 4.02. The zero-order chi connectivity index (χ0) is 19.1. The molecule has 1 N–H and O–H groups in total. The summed E-state index contributed by atoms with van der Waals surface area (Å²) in [6.45, 7) is 5.91. The predicted octanol–water partition coefficient (Wildman–Crippen LogP) is 4.45. The van der Waals surface area contributed by atoms with Crippen molar-refractivity contribution in [1.82, 2.24) is 15.1 Å². The highest BCUT2D eigenvalue weighted by molar-refractivity contribution is 8.01. The van der Waals surface area contributed by atoms with Crippen LogP contribution in [0.5, 0.6) is 0 Å². The van der Waals surface area contributed by atoms with Gasteiger partial charge < -0.3 is 14.6 Å². The lowest BCUT2D eigenvalue weighted by atomic mass is 10.1. The van der Waals surface area contributed by atoms with Crippen LogP contribution in [0, 0.1) is 0 Å². The highest BCUT2D eigenvalue weighted by Gasteiger charge is 2.27. The van der Waals surface area contributed by atoms with Crippen LogP contribution in [-0.4, -0.2) is 34.1 Å². The summed E-state index contributed by atoms with van der Waals surface area (Å²) in [5.74, 6) is 0.926. The minimum absolute atomic E-state index is 0.0940. The molecule has 0 spiro atoms. The Morgan fingerprint density at radius 3 is 2.63 bits per heavy atom. The van der Waals surface area contributed by atoms with Crippen LogP contribution in [0.2, 0.25) is 0 Å². The molecule has 27 heavy (non-hydrogen) atoms. The smallest absolute Gasteiger partial charge is 0.240 e. The second-order valence-corrected chi connectivity index (χ2v) is 8.05. The standard InChI is InChI=1S/C19H22N4O2S2/c1-3-23(4-2)17(24)16(14-9-6-5-7-10-14)26-19-22-21-18(27-19)20-13-15-11-8-12-25-15/h5-12,16H,3-4,13H2,1-2H3,(H,20,21)/t16-/m1/s1. The molecule has 3 aromatic rings. The first-order valence-electron chi connectivity index (χ1n) is 8.81. The molecule has 0 unspecified atom stereocenters. The van der Waals surface area contributed by atoms with Gasteiger partial charge in [0.15, 0.2) is 4.34 Å². The molecule has 0 aliphatic rings. The van der Waals surface area contributed by atoms with Crippen molar-refractivity contribution in [2.75, 3.05) is 18.4 Å². The van der Waals surface area contributed by atoms with Gasteiger partial charge in [0.05, 0.1) is 12.8 Å². The lowest BCUT2D eigenvalue weighted by Crippen LogP contribution is -2.33. The van der Waals surface area contributed by atoms with Crippen LogP contribution in [0.1, 0.15) is 30.4 Å². The molecule has 2 aromatic heterocycles. The Labute approximate surface area is 167 Å². The topological polar surface area (TPSA) is 71.3 Å². The van der Waals surface area contributed by atoms with Crippen molar-refractivity contribution in [2.45, 2.75) is 30.0 Å². The van der Waals surface area contributed by atoms with Crippen LogP contribution in [0.4, 0.5) is 5.13 Å². The number of nitrogens with one attached hydrogen (secondary N) is 1. The fraction of sp³-hybridized carbons (Fsp3) is 0.316. The van der Waals surface area contributed by atoms with E-state index in [9.17, 15) is 4.79 Å². The van der Waals surface area contributed by atoms with Gasteiger partial charge in [-0.1, -0.05) is 53.4 Å². The van der Waals surface area contributed by atoms with Gasteiger partial charge in [0.1, 0.15) is 11.0 Å². The number of hydrogen-bond donors (Lipinski definition) is 1. The molecule has 8 heteroatoms. The van der Waals surface area contributed by atoms with E-state index in [1.54, 1.807) is 6.26 Å². The van der Waals surface area contributed by atoms with Gasteiger partial charge in [0.2, 0.25) is 11.0 Å². The number of rotatable bonds is 9. The van der Waals surface area contributed by atoms with Gasteiger partial charge in [-0.25, -0.2) is 0 Å². The Morgan fingerprint density at radius 2 is 1.96 bits per heavy atom. The maximum Gasteiger partial charge on any atom is 0.240 e. The average Bonchev–Trinajstić information content (AvgIpc) is 3.38. The first kappa shape index (κ1) is 19.4. The van der Waals surface area contributed by atoms with Crippen LogP contribution in [0.15, 0.2) is 57.5 Å². The molecule has 1 amide bonds. The number of furan rings is 1. The maximum absolute atomic E-state index is 13.0. The Balaban J connectivity index is 1.73. The number of carbonyl (C=O) groups is 1. The Hall–Kier alpha value is -2.32. The van der Waals surface area contributed by atoms with Gasteiger partial charge in [0, 0.05) is 13.1 Å². The van der Waals surface area contributed by atoms with Crippen molar-refractivity contribution in [3.05, 3.63) is 60.1 Å². The number of likely N-dealkylation sites (N-methyl/N-ethyl adjacent to an activating group) is 1. The van der Waals surface area contributed by atoms with E-state index in [1.165, 1.54) is 23.1 Å². The maximum atomic E-state index is 13.0. The van der Waals surface area contributed by atoms with Crippen molar-refractivity contribution in [3.8, 4) is 0 Å². The number of thioether (sulfide) groups is 1. The number of benzene rings is 1. The van der Waals surface area contributed by atoms with E-state index in [2.05, 4.69) is 15.5 Å². The van der Waals surface area contributed by atoms with E-state index < -0.39 is 0 Å². The number of nitrogens with zero attached hydrogens (tertiary/aromatic N) is 3. The fourth-order valence-corrected chi connectivity index (χ4v) is 4.62. The van der Waals surface area contributed by atoms with Crippen molar-refractivity contribution in [1.29, 1.82) is 0 Å². The summed E-state index contributed by atoms with van der Waals surface area (Å²) in [6.07, 6.45) is 1.64. The summed E-state index contributed by atoms with van der Waals surface area (Å²) in [5, 5.41) is 12.0. The van der Waals surface area contributed by atoms with Crippen molar-refractivity contribution < 1.29 is 9.21 Å². The van der Waals surface area contributed by atoms with E-state index in [1.807, 2.05) is 61.2 Å². The summed E-state index contributed by atoms with van der Waals surface area (Å²) in [4.78, 5) is 14.9. The van der Waals surface area contributed by atoms with Crippen molar-refractivity contribution in [3.63, 3.8) is 0 Å². The van der Waals surface area contributed by atoms with Crippen molar-refractivity contribution >= 4 is 34.1 Å². The van der Waals surface area contributed by atoms with Gasteiger partial charge in [-0.05, 0) is 31.5 Å². The number of amides is 1. The SMILES string of the molecule is CCN(CC)C(=O)[C@H](Sc1nnc(NCc2ccco2)s1)c1ccccc1. The number of carbonyl (C=O) groups excluding carboxylic acids is 1. The van der Waals surface area contributed by atoms with Crippen LogP contribution in [0.3, 0.4) is 0 Å². The summed E-state index contributed by atoms with van der Waals surface area (Å²) >= 11 is 2.88. The molecule has 2 heterocycles. The largest absolute Gasteiger partial charge is 0.467 e. The third-order valence-corrected chi connectivity index (χ3v) is 6.23. The van der Waals surface area contributed by atoms with E-state index in [0.717, 1.165) is 15.7 Å². The molecule has 6 nitrogen and oxygen atoms in total. The first-order valence-corrected chi connectivity index (χ1v) is 10.5. The minimum atomic E-state index is -0.336. The van der Waals surface area contributed by atoms with Crippen LogP contribution >= 0.6 is 23.1 Å². The highest BCUT2D eigenvalue weighted by atomic mass is 32.2. The second-order valence-electron chi connectivity index (χ2n) is 5.73. The minimum Gasteiger partial charge on any atom is -0.467 e. The molecule has 3 rings (SSSR count). The van der Waals surface area contributed by atoms with E-state index >= 15 is 0 Å². The Morgan fingerprint density at radius 1 is 1.19 bits per heavy atom. The lowest BCUT2D eigenvalue weighted by molar-refractivity contribution is -0.130. The summed E-state index contributed by atoms with van der Waals surface area (Å²) < 4.78 is 6.06. The normalized spacial score (nSPS) is 11.9. The average molecular weight is 403 g/mol. The van der Waals surface area contributed by atoms with Gasteiger partial charge >= 0.3 is 0 Å². The second kappa shape index (κ2) is 9.57. The zero-order valence-electron chi connectivity index (χ0n) is 15.3. The first-order chi connectivity index (χ1) is 13.2. The summed E-state index contributed by atoms with van der Waals surface area (Å²) in [6, 6.07) is 13.6. The molecular formula is C19H22N4O2S2. The molecule has 0 aliphatic carbocycles. The molecule has 0 aliphatic heterocycles. The lowest BCUT2D eigenvalue weighted by Gasteiger charge is -2.24. The molecular weight excluding hydrogens is 380 g/mol. The highest BCUT2D eigenvalue weighted by Crippen LogP contribution is 2.39. The molecule has 0 radical (unpaired) electrons. The molecule has 0 saturated heterocycles. The van der Waals surface area contributed by atoms with Gasteiger partial charge in [-0.3, -0.25) is 4.79 Å². The molecule has 0 bridgehead atoms. The Kier molecular flexibility index (Phi) is 6.89. The molecule has 142 valence electrons. The monoisotopic (exact) mass is 402 g/mol. The number of hydrogen-bond acceptors (Lipinski definition) is 7. The zero-order valence-corrected chi connectivity index (χ0v) is 16.9. The molecule has 0 saturated carbocycles. The van der Waals surface area contributed by atoms with E-state index in [4.69, 9.17) is 4.42 Å². The van der Waals surface area contributed by atoms with E-state index in [-0.39, 0.29) is 11.2 Å². The molecule has 1 aromatic carbocycles. The fourth-order valence-electron chi connectivity index (χ4n) is 2.60. The Bertz CT molecular complexity index is 833. The molecule has 1 atom stereocenters. The van der Waals surface area contributed by atoms with Gasteiger partial charge in [0.25, 0.3) is 0 Å². The number of anilines is 1. The van der Waals surface area contributed by atoms with Crippen LogP contribution in [-0.2, 0) is 11.3 Å². The third kappa shape index (κ3) is 5.11. The predicted molar refractivity (Wildman–Crippen MR) is 109 cm³/mol. The van der Waals surface area contributed by atoms with Gasteiger partial charge in [-0.15, -0.1) is 10.2 Å².